The zero-order valence-electron chi connectivity index (χ0n) is 20.0. The predicted molar refractivity (Wildman–Crippen MR) is 129 cm³/mol. The van der Waals surface area contributed by atoms with Gasteiger partial charge in [-0.2, -0.15) is 0 Å². The van der Waals surface area contributed by atoms with Gasteiger partial charge >= 0.3 is 12.1 Å². The van der Waals surface area contributed by atoms with Gasteiger partial charge in [0.05, 0.1) is 0 Å². The molecule has 2 aliphatic rings. The van der Waals surface area contributed by atoms with E-state index in [0.717, 1.165) is 35.1 Å². The van der Waals surface area contributed by atoms with Crippen molar-refractivity contribution in [1.29, 1.82) is 0 Å². The molecular formula is C27H32N2O5. The number of nitrogens with one attached hydrogen (secondary N) is 1. The second-order valence-corrected chi connectivity index (χ2v) is 9.63. The second-order valence-electron chi connectivity index (χ2n) is 9.63. The maximum atomic E-state index is 13.5. The fourth-order valence-electron chi connectivity index (χ4n) is 5.12. The first-order valence-corrected chi connectivity index (χ1v) is 11.9. The van der Waals surface area contributed by atoms with Gasteiger partial charge in [0.2, 0.25) is 5.91 Å². The predicted octanol–water partition coefficient (Wildman–Crippen LogP) is 4.55. The Kier molecular flexibility index (Phi) is 6.39. The van der Waals surface area contributed by atoms with Crippen molar-refractivity contribution in [2.75, 3.05) is 13.2 Å². The molecule has 2 amide bonds. The molecule has 1 aliphatic heterocycles. The molecule has 7 heteroatoms. The number of likely N-dealkylation sites (tertiary alicyclic amines) is 1. The number of aliphatic carboxylic acids is 1. The van der Waals surface area contributed by atoms with Gasteiger partial charge in [0.1, 0.15) is 17.7 Å². The van der Waals surface area contributed by atoms with Crippen LogP contribution in [0, 0.1) is 0 Å². The minimum atomic E-state index is -1.28. The normalized spacial score (nSPS) is 21.2. The summed E-state index contributed by atoms with van der Waals surface area (Å²) in [6.07, 6.45) is 1.49. The molecule has 0 bridgehead atoms. The van der Waals surface area contributed by atoms with Crippen LogP contribution in [0.3, 0.4) is 0 Å². The zero-order valence-corrected chi connectivity index (χ0v) is 20.0. The molecule has 1 aliphatic carbocycles. The van der Waals surface area contributed by atoms with Crippen molar-refractivity contribution in [3.8, 4) is 11.1 Å². The third-order valence-electron chi connectivity index (χ3n) is 7.50. The third kappa shape index (κ3) is 4.04. The molecule has 4 rings (SSSR count). The Bertz CT molecular complexity index is 1070. The molecule has 1 saturated heterocycles. The lowest BCUT2D eigenvalue weighted by Gasteiger charge is -2.45. The van der Waals surface area contributed by atoms with E-state index in [1.807, 2.05) is 36.4 Å². The Labute approximate surface area is 200 Å². The fourth-order valence-corrected chi connectivity index (χ4v) is 5.12. The molecular weight excluding hydrogens is 432 g/mol. The third-order valence-corrected chi connectivity index (χ3v) is 7.50. The molecule has 2 aromatic carbocycles. The van der Waals surface area contributed by atoms with E-state index in [0.29, 0.717) is 19.4 Å². The molecule has 2 unspecified atom stereocenters. The second kappa shape index (κ2) is 9.12. The molecule has 2 N–H and O–H groups in total. The van der Waals surface area contributed by atoms with Gasteiger partial charge in [0, 0.05) is 12.5 Å². The zero-order chi connectivity index (χ0) is 24.5. The lowest BCUT2D eigenvalue weighted by Crippen LogP contribution is -2.65. The Hall–Kier alpha value is -3.35. The summed E-state index contributed by atoms with van der Waals surface area (Å²) in [6.45, 7) is 5.50. The first-order chi connectivity index (χ1) is 16.2. The smallest absolute Gasteiger partial charge is 0.408 e. The van der Waals surface area contributed by atoms with Gasteiger partial charge in [-0.25, -0.2) is 9.59 Å². The lowest BCUT2D eigenvalue weighted by atomic mass is 9.85. The quantitative estimate of drug-likeness (QED) is 0.654. The molecule has 0 spiro atoms. The number of fused-ring (bicyclic) bond motifs is 3. The van der Waals surface area contributed by atoms with Gasteiger partial charge in [0.15, 0.2) is 0 Å². The number of alkyl carbamates (subject to hydrolysis) is 1. The van der Waals surface area contributed by atoms with Gasteiger partial charge in [-0.1, -0.05) is 55.5 Å². The Morgan fingerprint density at radius 1 is 1.09 bits per heavy atom. The van der Waals surface area contributed by atoms with Crippen molar-refractivity contribution < 1.29 is 24.2 Å². The number of carboxylic acids is 1. The molecule has 0 aromatic heterocycles. The number of rotatable bonds is 6. The summed E-state index contributed by atoms with van der Waals surface area (Å²) in [5.41, 5.74) is 1.94. The minimum Gasteiger partial charge on any atom is -0.480 e. The van der Waals surface area contributed by atoms with Gasteiger partial charge < -0.3 is 20.1 Å². The van der Waals surface area contributed by atoms with Crippen molar-refractivity contribution in [3.63, 3.8) is 0 Å². The van der Waals surface area contributed by atoms with Gasteiger partial charge in [-0.3, -0.25) is 4.79 Å². The number of piperidine rings is 1. The van der Waals surface area contributed by atoms with Crippen LogP contribution in [0.2, 0.25) is 0 Å². The highest BCUT2D eigenvalue weighted by molar-refractivity contribution is 5.94. The number of benzene rings is 2. The SMILES string of the molecule is CCC(C)(NC(=O)OCC1c2ccccc2-c2ccccc21)C(=O)N1CCCCC1(C)C(=O)O. The summed E-state index contributed by atoms with van der Waals surface area (Å²) in [5.74, 6) is -1.51. The Morgan fingerprint density at radius 3 is 2.24 bits per heavy atom. The Balaban J connectivity index is 1.48. The standard InChI is InChI=1S/C27H32N2O5/c1-4-26(2,23(30)29-16-10-9-15-27(29,3)24(31)32)28-25(33)34-17-22-20-13-7-5-11-18(20)19-12-6-8-14-21(19)22/h5-8,11-14,22H,4,9-10,15-17H2,1-3H3,(H,28,33)(H,31,32). The summed E-state index contributed by atoms with van der Waals surface area (Å²) in [6, 6.07) is 16.2. The summed E-state index contributed by atoms with van der Waals surface area (Å²) < 4.78 is 5.64. The average molecular weight is 465 g/mol. The number of carbonyl (C=O) groups excluding carboxylic acids is 2. The first-order valence-electron chi connectivity index (χ1n) is 11.9. The van der Waals surface area contributed by atoms with Crippen molar-refractivity contribution in [2.45, 2.75) is 63.5 Å². The van der Waals surface area contributed by atoms with Crippen molar-refractivity contribution in [2.24, 2.45) is 0 Å². The van der Waals surface area contributed by atoms with Crippen LogP contribution in [0.1, 0.15) is 63.5 Å². The van der Waals surface area contributed by atoms with E-state index in [9.17, 15) is 19.5 Å². The number of nitrogens with zero attached hydrogens (tertiary/aromatic N) is 1. The number of hydrogen-bond donors (Lipinski definition) is 2. The number of hydrogen-bond acceptors (Lipinski definition) is 4. The van der Waals surface area contributed by atoms with Gasteiger partial charge in [-0.05, 0) is 61.8 Å². The summed E-state index contributed by atoms with van der Waals surface area (Å²) >= 11 is 0. The van der Waals surface area contributed by atoms with Crippen LogP contribution in [-0.4, -0.2) is 52.2 Å². The van der Waals surface area contributed by atoms with E-state index in [4.69, 9.17) is 4.74 Å². The van der Waals surface area contributed by atoms with E-state index >= 15 is 0 Å². The monoisotopic (exact) mass is 464 g/mol. The molecule has 0 radical (unpaired) electrons. The molecule has 7 nitrogen and oxygen atoms in total. The molecule has 2 atom stereocenters. The van der Waals surface area contributed by atoms with Crippen LogP contribution in [-0.2, 0) is 14.3 Å². The maximum Gasteiger partial charge on any atom is 0.408 e. The van der Waals surface area contributed by atoms with E-state index in [-0.39, 0.29) is 12.5 Å². The number of carboxylic acid groups (broad SMARTS) is 1. The molecule has 180 valence electrons. The highest BCUT2D eigenvalue weighted by Crippen LogP contribution is 2.44. The van der Waals surface area contributed by atoms with Crippen LogP contribution >= 0.6 is 0 Å². The Morgan fingerprint density at radius 2 is 1.68 bits per heavy atom. The minimum absolute atomic E-state index is 0.0841. The van der Waals surface area contributed by atoms with E-state index in [2.05, 4.69) is 17.4 Å². The van der Waals surface area contributed by atoms with E-state index in [1.165, 1.54) is 4.90 Å². The van der Waals surface area contributed by atoms with Crippen LogP contribution in [0.25, 0.3) is 11.1 Å². The van der Waals surface area contributed by atoms with Crippen LogP contribution in [0.5, 0.6) is 0 Å². The molecule has 1 fully saturated rings. The fraction of sp³-hybridized carbons (Fsp3) is 0.444. The molecule has 0 saturated carbocycles. The van der Waals surface area contributed by atoms with E-state index in [1.54, 1.807) is 20.8 Å². The molecule has 34 heavy (non-hydrogen) atoms. The highest BCUT2D eigenvalue weighted by Gasteiger charge is 2.49. The average Bonchev–Trinajstić information content (AvgIpc) is 3.16. The molecule has 1 heterocycles. The van der Waals surface area contributed by atoms with Crippen LogP contribution in [0.15, 0.2) is 48.5 Å². The number of carbonyl (C=O) groups is 3. The van der Waals surface area contributed by atoms with Gasteiger partial charge in [-0.15, -0.1) is 0 Å². The topological polar surface area (TPSA) is 95.9 Å². The highest BCUT2D eigenvalue weighted by atomic mass is 16.5. The number of ether oxygens (including phenoxy) is 1. The van der Waals surface area contributed by atoms with Crippen molar-refractivity contribution in [1.82, 2.24) is 10.2 Å². The summed E-state index contributed by atoms with van der Waals surface area (Å²) in [7, 11) is 0. The molecule has 2 aromatic rings. The first kappa shape index (κ1) is 23.8. The number of amides is 2. The largest absolute Gasteiger partial charge is 0.480 e. The summed E-state index contributed by atoms with van der Waals surface area (Å²) in [4.78, 5) is 39.7. The van der Waals surface area contributed by atoms with Crippen molar-refractivity contribution >= 4 is 18.0 Å². The van der Waals surface area contributed by atoms with Crippen LogP contribution in [0.4, 0.5) is 4.79 Å². The lowest BCUT2D eigenvalue weighted by molar-refractivity contribution is -0.163. The van der Waals surface area contributed by atoms with Crippen molar-refractivity contribution in [3.05, 3.63) is 59.7 Å². The van der Waals surface area contributed by atoms with Crippen LogP contribution < -0.4 is 5.32 Å². The van der Waals surface area contributed by atoms with E-state index < -0.39 is 29.0 Å². The van der Waals surface area contributed by atoms with Gasteiger partial charge in [0.25, 0.3) is 0 Å². The maximum absolute atomic E-state index is 13.5. The summed E-state index contributed by atoms with van der Waals surface area (Å²) in [5, 5.41) is 12.5.